The van der Waals surface area contributed by atoms with Crippen LogP contribution in [0.5, 0.6) is 0 Å². The second kappa shape index (κ2) is 5.60. The summed E-state index contributed by atoms with van der Waals surface area (Å²) >= 11 is 0. The second-order valence-corrected chi connectivity index (χ2v) is 4.11. The van der Waals surface area contributed by atoms with Crippen molar-refractivity contribution >= 4 is 5.82 Å². The standard InChI is InChI=1S/C12H16N4O/c1-2-11-9(3-6-17-11)8-16-12-10(7-13)14-4-5-15-12/h4-5,9,11H,2-3,6,8H2,1H3,(H,15,16). The molecule has 1 aromatic rings. The first kappa shape index (κ1) is 11.8. The molecule has 1 saturated heterocycles. The predicted octanol–water partition coefficient (Wildman–Crippen LogP) is 1.58. The zero-order valence-electron chi connectivity index (χ0n) is 9.89. The lowest BCUT2D eigenvalue weighted by atomic mass is 10.00. The molecule has 17 heavy (non-hydrogen) atoms. The van der Waals surface area contributed by atoms with Crippen molar-refractivity contribution in [2.24, 2.45) is 5.92 Å². The molecular weight excluding hydrogens is 216 g/mol. The van der Waals surface area contributed by atoms with Crippen molar-refractivity contribution in [1.29, 1.82) is 5.26 Å². The van der Waals surface area contributed by atoms with Gasteiger partial charge in [0.1, 0.15) is 6.07 Å². The monoisotopic (exact) mass is 232 g/mol. The van der Waals surface area contributed by atoms with Crippen LogP contribution in [-0.2, 0) is 4.74 Å². The van der Waals surface area contributed by atoms with Crippen LogP contribution >= 0.6 is 0 Å². The third-order valence-corrected chi connectivity index (χ3v) is 3.08. The molecule has 0 radical (unpaired) electrons. The van der Waals surface area contributed by atoms with Crippen molar-refractivity contribution in [2.75, 3.05) is 18.5 Å². The topological polar surface area (TPSA) is 70.8 Å². The van der Waals surface area contributed by atoms with E-state index >= 15 is 0 Å². The zero-order chi connectivity index (χ0) is 12.1. The lowest BCUT2D eigenvalue weighted by Gasteiger charge is -2.17. The first-order valence-electron chi connectivity index (χ1n) is 5.91. The molecule has 5 nitrogen and oxygen atoms in total. The molecule has 2 rings (SSSR count). The summed E-state index contributed by atoms with van der Waals surface area (Å²) in [7, 11) is 0. The van der Waals surface area contributed by atoms with E-state index in [1.807, 2.05) is 6.07 Å². The van der Waals surface area contributed by atoms with Crippen LogP contribution in [0.4, 0.5) is 5.82 Å². The fourth-order valence-corrected chi connectivity index (χ4v) is 2.15. The van der Waals surface area contributed by atoms with Gasteiger partial charge in [-0.3, -0.25) is 0 Å². The molecule has 1 aliphatic heterocycles. The minimum Gasteiger partial charge on any atom is -0.378 e. The third-order valence-electron chi connectivity index (χ3n) is 3.08. The van der Waals surface area contributed by atoms with E-state index in [-0.39, 0.29) is 0 Å². The molecule has 0 saturated carbocycles. The summed E-state index contributed by atoms with van der Waals surface area (Å²) in [5, 5.41) is 12.1. The highest BCUT2D eigenvalue weighted by Crippen LogP contribution is 2.23. The van der Waals surface area contributed by atoms with Gasteiger partial charge in [0.05, 0.1) is 6.10 Å². The summed E-state index contributed by atoms with van der Waals surface area (Å²) in [4.78, 5) is 8.09. The van der Waals surface area contributed by atoms with Crippen LogP contribution in [-0.4, -0.2) is 29.2 Å². The number of aromatic nitrogens is 2. The van der Waals surface area contributed by atoms with Crippen molar-refractivity contribution < 1.29 is 4.74 Å². The quantitative estimate of drug-likeness (QED) is 0.853. The molecule has 90 valence electrons. The Morgan fingerprint density at radius 1 is 1.53 bits per heavy atom. The Labute approximate surface area is 101 Å². The Morgan fingerprint density at radius 3 is 3.12 bits per heavy atom. The minimum absolute atomic E-state index is 0.324. The molecule has 1 N–H and O–H groups in total. The molecule has 1 aromatic heterocycles. The van der Waals surface area contributed by atoms with Crippen LogP contribution in [0.1, 0.15) is 25.5 Å². The smallest absolute Gasteiger partial charge is 0.182 e. The van der Waals surface area contributed by atoms with Gasteiger partial charge in [0.25, 0.3) is 0 Å². The number of nitrogens with zero attached hydrogens (tertiary/aromatic N) is 3. The number of nitrogens with one attached hydrogen (secondary N) is 1. The lowest BCUT2D eigenvalue weighted by Crippen LogP contribution is -2.23. The maximum Gasteiger partial charge on any atom is 0.182 e. The van der Waals surface area contributed by atoms with Gasteiger partial charge in [0.15, 0.2) is 11.5 Å². The molecule has 5 heteroatoms. The molecule has 2 unspecified atom stereocenters. The second-order valence-electron chi connectivity index (χ2n) is 4.11. The van der Waals surface area contributed by atoms with E-state index in [1.165, 1.54) is 6.20 Å². The van der Waals surface area contributed by atoms with Crippen LogP contribution in [0, 0.1) is 17.2 Å². The Morgan fingerprint density at radius 2 is 2.35 bits per heavy atom. The molecule has 0 bridgehead atoms. The van der Waals surface area contributed by atoms with Crippen molar-refractivity contribution in [2.45, 2.75) is 25.9 Å². The Kier molecular flexibility index (Phi) is 3.89. The van der Waals surface area contributed by atoms with Gasteiger partial charge in [-0.25, -0.2) is 9.97 Å². The lowest BCUT2D eigenvalue weighted by molar-refractivity contribution is 0.0900. The molecule has 1 fully saturated rings. The molecule has 0 spiro atoms. The Bertz CT molecular complexity index is 415. The molecular formula is C12H16N4O. The van der Waals surface area contributed by atoms with Crippen LogP contribution < -0.4 is 5.32 Å². The summed E-state index contributed by atoms with van der Waals surface area (Å²) in [6.45, 7) is 3.74. The number of rotatable bonds is 4. The van der Waals surface area contributed by atoms with E-state index in [9.17, 15) is 0 Å². The maximum absolute atomic E-state index is 8.89. The number of anilines is 1. The number of hydrogen-bond acceptors (Lipinski definition) is 5. The van der Waals surface area contributed by atoms with Crippen molar-refractivity contribution in [1.82, 2.24) is 9.97 Å². The van der Waals surface area contributed by atoms with Gasteiger partial charge in [0.2, 0.25) is 0 Å². The summed E-state index contributed by atoms with van der Waals surface area (Å²) in [5.74, 6) is 1.06. The van der Waals surface area contributed by atoms with Gasteiger partial charge < -0.3 is 10.1 Å². The Balaban J connectivity index is 1.96. The number of ether oxygens (including phenoxy) is 1. The minimum atomic E-state index is 0.324. The average molecular weight is 232 g/mol. The summed E-state index contributed by atoms with van der Waals surface area (Å²) in [5.41, 5.74) is 0.347. The highest BCUT2D eigenvalue weighted by Gasteiger charge is 2.26. The molecule has 0 aromatic carbocycles. The number of nitriles is 1. The van der Waals surface area contributed by atoms with Crippen molar-refractivity contribution in [3.8, 4) is 6.07 Å². The largest absolute Gasteiger partial charge is 0.378 e. The molecule has 0 aliphatic carbocycles. The summed E-state index contributed by atoms with van der Waals surface area (Å²) in [6.07, 6.45) is 5.53. The van der Waals surface area contributed by atoms with Crippen LogP contribution in [0.15, 0.2) is 12.4 Å². The van der Waals surface area contributed by atoms with Gasteiger partial charge in [0, 0.05) is 31.5 Å². The Hall–Kier alpha value is -1.67. The fourth-order valence-electron chi connectivity index (χ4n) is 2.15. The van der Waals surface area contributed by atoms with Crippen LogP contribution in [0.25, 0.3) is 0 Å². The first-order chi connectivity index (χ1) is 8.35. The van der Waals surface area contributed by atoms with E-state index in [0.717, 1.165) is 26.0 Å². The van der Waals surface area contributed by atoms with Gasteiger partial charge in [-0.1, -0.05) is 6.92 Å². The summed E-state index contributed by atoms with van der Waals surface area (Å²) < 4.78 is 5.62. The highest BCUT2D eigenvalue weighted by molar-refractivity contribution is 5.46. The predicted molar refractivity (Wildman–Crippen MR) is 63.4 cm³/mol. The van der Waals surface area contributed by atoms with Crippen LogP contribution in [0.2, 0.25) is 0 Å². The molecule has 2 heterocycles. The summed E-state index contributed by atoms with van der Waals surface area (Å²) in [6, 6.07) is 2.03. The molecule has 1 aliphatic rings. The highest BCUT2D eigenvalue weighted by atomic mass is 16.5. The van der Waals surface area contributed by atoms with Crippen LogP contribution in [0.3, 0.4) is 0 Å². The molecule has 2 atom stereocenters. The number of hydrogen-bond donors (Lipinski definition) is 1. The van der Waals surface area contributed by atoms with E-state index in [4.69, 9.17) is 10.00 Å². The van der Waals surface area contributed by atoms with E-state index in [2.05, 4.69) is 22.2 Å². The third kappa shape index (κ3) is 2.71. The van der Waals surface area contributed by atoms with Crippen molar-refractivity contribution in [3.05, 3.63) is 18.1 Å². The van der Waals surface area contributed by atoms with Gasteiger partial charge in [-0.15, -0.1) is 0 Å². The average Bonchev–Trinajstić information content (AvgIpc) is 2.84. The SMILES string of the molecule is CCC1OCCC1CNc1nccnc1C#N. The fraction of sp³-hybridized carbons (Fsp3) is 0.583. The molecule has 0 amide bonds. The zero-order valence-corrected chi connectivity index (χ0v) is 9.89. The van der Waals surface area contributed by atoms with E-state index in [1.54, 1.807) is 6.20 Å². The van der Waals surface area contributed by atoms with Crippen molar-refractivity contribution in [3.63, 3.8) is 0 Å². The van der Waals surface area contributed by atoms with E-state index in [0.29, 0.717) is 23.5 Å². The van der Waals surface area contributed by atoms with E-state index < -0.39 is 0 Å². The van der Waals surface area contributed by atoms with Gasteiger partial charge in [-0.2, -0.15) is 5.26 Å². The maximum atomic E-state index is 8.89. The first-order valence-corrected chi connectivity index (χ1v) is 5.91. The van der Waals surface area contributed by atoms with Gasteiger partial charge in [-0.05, 0) is 12.8 Å². The normalized spacial score (nSPS) is 23.3. The van der Waals surface area contributed by atoms with Gasteiger partial charge >= 0.3 is 0 Å².